The van der Waals surface area contributed by atoms with Gasteiger partial charge in [0.15, 0.2) is 0 Å². The summed E-state index contributed by atoms with van der Waals surface area (Å²) in [6.45, 7) is 8.03. The maximum absolute atomic E-state index is 14.0. The van der Waals surface area contributed by atoms with Crippen molar-refractivity contribution in [3.8, 4) is 0 Å². The molecule has 0 unspecified atom stereocenters. The molecule has 2 aromatic carbocycles. The summed E-state index contributed by atoms with van der Waals surface area (Å²) in [6, 6.07) is 11.0. The van der Waals surface area contributed by atoms with E-state index in [4.69, 9.17) is 4.84 Å². The van der Waals surface area contributed by atoms with Crippen molar-refractivity contribution in [2.45, 2.75) is 76.2 Å². The number of carbonyl (C=O) groups is 3. The number of amides is 4. The van der Waals surface area contributed by atoms with Gasteiger partial charge in [0.2, 0.25) is 5.91 Å². The molecule has 0 aromatic heterocycles. The number of piperazine rings is 1. The largest absolute Gasteiger partial charge is 0.426 e. The molecule has 6 rings (SSSR count). The van der Waals surface area contributed by atoms with Crippen LogP contribution in [-0.2, 0) is 35.1 Å². The standard InChI is InChI=1S/C37H50F3N7O4/c1-3-27-9-8-26(24-31(27)37(38,39)40)25-33(34(48)45-15-11-29(12-16-45)44-22-20-43(2)21-23-44)42-36(50)51-46-17-13-30(14-18-46)47-19-10-28-6-4-5-7-32(28)41-35(47)49/h4-9,24,29-30,33H,3,10-23,25H2,1-2H3,(H,41,49)(H,42,50)/t33-/m1/s1. The lowest BCUT2D eigenvalue weighted by molar-refractivity contribution is -0.138. The molecule has 4 aliphatic heterocycles. The molecule has 2 aromatic rings. The third-order valence-electron chi connectivity index (χ3n) is 10.9. The van der Waals surface area contributed by atoms with Crippen LogP contribution >= 0.6 is 0 Å². The summed E-state index contributed by atoms with van der Waals surface area (Å²) in [5, 5.41) is 7.24. The smallest absolute Gasteiger partial charge is 0.351 e. The number of benzene rings is 2. The molecule has 1 atom stereocenters. The lowest BCUT2D eigenvalue weighted by Gasteiger charge is -2.42. The average Bonchev–Trinajstić information content (AvgIpc) is 3.29. The number of aryl methyl sites for hydroxylation is 1. The summed E-state index contributed by atoms with van der Waals surface area (Å²) >= 11 is 0. The van der Waals surface area contributed by atoms with E-state index in [9.17, 15) is 27.6 Å². The number of anilines is 1. The molecule has 11 nitrogen and oxygen atoms in total. The lowest BCUT2D eigenvalue weighted by atomic mass is 9.96. The number of hydroxylamine groups is 2. The zero-order chi connectivity index (χ0) is 36.1. The first-order valence-corrected chi connectivity index (χ1v) is 18.3. The van der Waals surface area contributed by atoms with Crippen LogP contribution in [0.25, 0.3) is 0 Å². The maximum atomic E-state index is 14.0. The van der Waals surface area contributed by atoms with Gasteiger partial charge in [-0.15, -0.1) is 5.06 Å². The van der Waals surface area contributed by atoms with Crippen LogP contribution in [0.5, 0.6) is 0 Å². The second-order valence-corrected chi connectivity index (χ2v) is 14.2. The minimum atomic E-state index is -4.54. The molecule has 4 aliphatic rings. The Hall–Kier alpha value is -3.88. The number of hydrogen-bond acceptors (Lipinski definition) is 7. The molecule has 0 radical (unpaired) electrons. The van der Waals surface area contributed by atoms with Crippen LogP contribution in [0.1, 0.15) is 54.9 Å². The maximum Gasteiger partial charge on any atom is 0.426 e. The molecule has 0 saturated carbocycles. The lowest BCUT2D eigenvalue weighted by Crippen LogP contribution is -2.56. The highest BCUT2D eigenvalue weighted by atomic mass is 19.4. The summed E-state index contributed by atoms with van der Waals surface area (Å²) in [6.07, 6.45) is -1.74. The van der Waals surface area contributed by atoms with Gasteiger partial charge in [0.05, 0.1) is 5.56 Å². The second kappa shape index (κ2) is 16.2. The molecule has 0 aliphatic carbocycles. The fourth-order valence-corrected chi connectivity index (χ4v) is 7.89. The van der Waals surface area contributed by atoms with Crippen LogP contribution in [0, 0.1) is 0 Å². The van der Waals surface area contributed by atoms with Gasteiger partial charge in [-0.3, -0.25) is 9.69 Å². The zero-order valence-corrected chi connectivity index (χ0v) is 29.6. The SMILES string of the molecule is CCc1ccc(C[C@@H](NC(=O)ON2CCC(N3CCc4ccccc4NC3=O)CC2)C(=O)N2CCC(N3CCN(C)CC3)CC2)cc1C(F)(F)F. The van der Waals surface area contributed by atoms with Crippen molar-refractivity contribution in [1.29, 1.82) is 0 Å². The monoisotopic (exact) mass is 713 g/mol. The van der Waals surface area contributed by atoms with E-state index in [1.54, 1.807) is 17.9 Å². The molecular formula is C37H50F3N7O4. The van der Waals surface area contributed by atoms with Gasteiger partial charge in [-0.05, 0) is 74.4 Å². The molecule has 3 fully saturated rings. The Bertz CT molecular complexity index is 1530. The number of urea groups is 1. The number of likely N-dealkylation sites (tertiary alicyclic amines) is 1. The first-order chi connectivity index (χ1) is 24.5. The van der Waals surface area contributed by atoms with E-state index in [2.05, 4.69) is 27.5 Å². The number of rotatable bonds is 8. The van der Waals surface area contributed by atoms with Crippen molar-refractivity contribution < 1.29 is 32.4 Å². The Morgan fingerprint density at radius 1 is 0.922 bits per heavy atom. The number of halogens is 3. The van der Waals surface area contributed by atoms with Gasteiger partial charge in [0.25, 0.3) is 0 Å². The normalized spacial score (nSPS) is 21.1. The van der Waals surface area contributed by atoms with Crippen molar-refractivity contribution in [3.05, 3.63) is 64.7 Å². The summed E-state index contributed by atoms with van der Waals surface area (Å²) in [5.41, 5.74) is 1.67. The Morgan fingerprint density at radius 3 is 2.29 bits per heavy atom. The topological polar surface area (TPSA) is 101 Å². The first kappa shape index (κ1) is 36.9. The Kier molecular flexibility index (Phi) is 11.7. The summed E-state index contributed by atoms with van der Waals surface area (Å²) < 4.78 is 41.8. The van der Waals surface area contributed by atoms with Gasteiger partial charge < -0.3 is 30.2 Å². The first-order valence-electron chi connectivity index (χ1n) is 18.3. The summed E-state index contributed by atoms with van der Waals surface area (Å²) in [4.78, 5) is 54.3. The molecule has 0 spiro atoms. The molecule has 278 valence electrons. The van der Waals surface area contributed by atoms with Crippen LogP contribution in [-0.4, -0.2) is 127 Å². The van der Waals surface area contributed by atoms with Crippen molar-refractivity contribution >= 4 is 23.7 Å². The molecule has 2 N–H and O–H groups in total. The van der Waals surface area contributed by atoms with E-state index in [1.165, 1.54) is 11.1 Å². The minimum absolute atomic E-state index is 0.0285. The summed E-state index contributed by atoms with van der Waals surface area (Å²) in [7, 11) is 2.11. The van der Waals surface area contributed by atoms with Gasteiger partial charge in [0, 0.05) is 83.1 Å². The van der Waals surface area contributed by atoms with E-state index in [-0.39, 0.29) is 36.4 Å². The second-order valence-electron chi connectivity index (χ2n) is 14.2. The van der Waals surface area contributed by atoms with Crippen molar-refractivity contribution in [2.75, 3.05) is 71.3 Å². The van der Waals surface area contributed by atoms with Crippen LogP contribution in [0.3, 0.4) is 0 Å². The third kappa shape index (κ3) is 9.14. The van der Waals surface area contributed by atoms with Gasteiger partial charge in [0.1, 0.15) is 6.04 Å². The Balaban J connectivity index is 1.08. The number of alkyl halides is 3. The summed E-state index contributed by atoms with van der Waals surface area (Å²) in [5.74, 6) is -0.330. The molecular weight excluding hydrogens is 663 g/mol. The minimum Gasteiger partial charge on any atom is -0.351 e. The fourth-order valence-electron chi connectivity index (χ4n) is 7.89. The highest BCUT2D eigenvalue weighted by molar-refractivity contribution is 5.91. The Labute approximate surface area is 298 Å². The van der Waals surface area contributed by atoms with E-state index in [0.29, 0.717) is 57.2 Å². The van der Waals surface area contributed by atoms with Gasteiger partial charge in [-0.2, -0.15) is 13.2 Å². The molecule has 51 heavy (non-hydrogen) atoms. The predicted molar refractivity (Wildman–Crippen MR) is 187 cm³/mol. The van der Waals surface area contributed by atoms with Gasteiger partial charge >= 0.3 is 18.3 Å². The van der Waals surface area contributed by atoms with Crippen molar-refractivity contribution in [2.24, 2.45) is 0 Å². The highest BCUT2D eigenvalue weighted by Gasteiger charge is 2.36. The van der Waals surface area contributed by atoms with E-state index in [0.717, 1.165) is 62.8 Å². The van der Waals surface area contributed by atoms with E-state index >= 15 is 0 Å². The number of piperidine rings is 2. The van der Waals surface area contributed by atoms with Crippen LogP contribution in [0.2, 0.25) is 0 Å². The highest BCUT2D eigenvalue weighted by Crippen LogP contribution is 2.33. The van der Waals surface area contributed by atoms with Crippen LogP contribution in [0.4, 0.5) is 28.4 Å². The third-order valence-corrected chi connectivity index (χ3v) is 10.9. The molecule has 4 amide bonds. The number of para-hydroxylation sites is 1. The van der Waals surface area contributed by atoms with Gasteiger partial charge in [-0.25, -0.2) is 9.59 Å². The Morgan fingerprint density at radius 2 is 1.61 bits per heavy atom. The molecule has 3 saturated heterocycles. The number of fused-ring (bicyclic) bond motifs is 1. The molecule has 0 bridgehead atoms. The number of hydrogen-bond donors (Lipinski definition) is 2. The van der Waals surface area contributed by atoms with Crippen molar-refractivity contribution in [3.63, 3.8) is 0 Å². The van der Waals surface area contributed by atoms with Crippen molar-refractivity contribution in [1.82, 2.24) is 30.0 Å². The zero-order valence-electron chi connectivity index (χ0n) is 29.6. The fraction of sp³-hybridized carbons (Fsp3) is 0.595. The molecule has 14 heteroatoms. The van der Waals surface area contributed by atoms with E-state index in [1.807, 2.05) is 29.2 Å². The number of likely N-dealkylation sites (N-methyl/N-ethyl adjacent to an activating group) is 1. The van der Waals surface area contributed by atoms with E-state index < -0.39 is 23.9 Å². The van der Waals surface area contributed by atoms with Crippen LogP contribution < -0.4 is 10.6 Å². The predicted octanol–water partition coefficient (Wildman–Crippen LogP) is 4.61. The van der Waals surface area contributed by atoms with Crippen LogP contribution in [0.15, 0.2) is 42.5 Å². The molecule has 4 heterocycles. The quantitative estimate of drug-likeness (QED) is 0.413. The number of nitrogens with one attached hydrogen (secondary N) is 2. The number of nitrogens with zero attached hydrogens (tertiary/aromatic N) is 5. The van der Waals surface area contributed by atoms with Gasteiger partial charge in [-0.1, -0.05) is 37.3 Å². The average molecular weight is 714 g/mol. The number of carbonyl (C=O) groups excluding carboxylic acids is 3.